The molecule has 0 saturated heterocycles. The Balaban J connectivity index is 2.56. The van der Waals surface area contributed by atoms with Crippen LogP contribution in [-0.4, -0.2) is 23.1 Å². The third kappa shape index (κ3) is 5.59. The molecule has 0 radical (unpaired) electrons. The van der Waals surface area contributed by atoms with E-state index in [-0.39, 0.29) is 18.2 Å². The third-order valence-electron chi connectivity index (χ3n) is 2.39. The summed E-state index contributed by atoms with van der Waals surface area (Å²) in [6.07, 6.45) is 0.274. The first-order valence-electron chi connectivity index (χ1n) is 5.52. The first kappa shape index (κ1) is 15.9. The molecule has 0 saturated carbocycles. The van der Waals surface area contributed by atoms with E-state index in [4.69, 9.17) is 35.4 Å². The molecule has 0 unspecified atom stereocenters. The van der Waals surface area contributed by atoms with Crippen molar-refractivity contribution in [2.45, 2.75) is 19.3 Å². The fourth-order valence-corrected chi connectivity index (χ4v) is 1.93. The van der Waals surface area contributed by atoms with Crippen LogP contribution in [0.25, 0.3) is 0 Å². The van der Waals surface area contributed by atoms with Crippen molar-refractivity contribution in [2.24, 2.45) is 0 Å². The number of aromatic nitrogens is 1. The predicted octanol–water partition coefficient (Wildman–Crippen LogP) is 2.01. The highest BCUT2D eigenvalue weighted by atomic mass is 35.5. The molecule has 19 heavy (non-hydrogen) atoms. The fraction of sp³-hybridized carbons (Fsp3) is 0.364. The van der Waals surface area contributed by atoms with E-state index in [0.717, 1.165) is 5.56 Å². The lowest BCUT2D eigenvalue weighted by atomic mass is 9.99. The van der Waals surface area contributed by atoms with Crippen LogP contribution >= 0.6 is 35.4 Å². The average molecular weight is 321 g/mol. The van der Waals surface area contributed by atoms with Gasteiger partial charge in [-0.1, -0.05) is 30.1 Å². The first-order valence-corrected chi connectivity index (χ1v) is 6.68. The molecule has 0 bridgehead atoms. The quantitative estimate of drug-likeness (QED) is 0.451. The van der Waals surface area contributed by atoms with E-state index in [2.05, 4.69) is 21.2 Å². The molecule has 0 aliphatic heterocycles. The number of carbonyl (C=O) groups excluding carboxylic acids is 1. The van der Waals surface area contributed by atoms with Gasteiger partial charge in [0.15, 0.2) is 5.11 Å². The lowest BCUT2D eigenvalue weighted by molar-refractivity contribution is -0.121. The van der Waals surface area contributed by atoms with Crippen LogP contribution in [-0.2, 0) is 4.79 Å². The molecular formula is C11H14Cl2N4OS. The SMILES string of the molecule is CNC(=S)NNC(=O)C[C@@H](C)c1cc(Cl)nc(Cl)c1. The van der Waals surface area contributed by atoms with Crippen LogP contribution in [0.15, 0.2) is 12.1 Å². The highest BCUT2D eigenvalue weighted by Crippen LogP contribution is 2.23. The number of carbonyl (C=O) groups is 1. The molecule has 1 aromatic rings. The van der Waals surface area contributed by atoms with Crippen LogP contribution in [0.2, 0.25) is 10.3 Å². The van der Waals surface area contributed by atoms with E-state index >= 15 is 0 Å². The number of halogens is 2. The van der Waals surface area contributed by atoms with E-state index in [1.165, 1.54) is 0 Å². The Morgan fingerprint density at radius 3 is 2.47 bits per heavy atom. The van der Waals surface area contributed by atoms with Gasteiger partial charge in [-0.3, -0.25) is 15.6 Å². The van der Waals surface area contributed by atoms with Gasteiger partial charge in [-0.25, -0.2) is 4.98 Å². The molecule has 0 aromatic carbocycles. The minimum Gasteiger partial charge on any atom is -0.364 e. The van der Waals surface area contributed by atoms with Crippen LogP contribution in [0.3, 0.4) is 0 Å². The fourth-order valence-electron chi connectivity index (χ4n) is 1.40. The Bertz CT molecular complexity index is 464. The van der Waals surface area contributed by atoms with Gasteiger partial charge in [-0.05, 0) is 35.8 Å². The zero-order valence-corrected chi connectivity index (χ0v) is 12.8. The molecule has 1 heterocycles. The Labute approximate surface area is 127 Å². The molecule has 1 rings (SSSR count). The van der Waals surface area contributed by atoms with Crippen LogP contribution in [0.1, 0.15) is 24.8 Å². The van der Waals surface area contributed by atoms with Crippen molar-refractivity contribution in [2.75, 3.05) is 7.05 Å². The predicted molar refractivity (Wildman–Crippen MR) is 80.2 cm³/mol. The van der Waals surface area contributed by atoms with Gasteiger partial charge in [-0.15, -0.1) is 0 Å². The van der Waals surface area contributed by atoms with Crippen molar-refractivity contribution in [3.8, 4) is 0 Å². The lowest BCUT2D eigenvalue weighted by Crippen LogP contribution is -2.45. The first-order chi connectivity index (χ1) is 8.92. The van der Waals surface area contributed by atoms with Crippen molar-refractivity contribution < 1.29 is 4.79 Å². The molecule has 3 N–H and O–H groups in total. The van der Waals surface area contributed by atoms with Crippen LogP contribution < -0.4 is 16.2 Å². The van der Waals surface area contributed by atoms with E-state index < -0.39 is 0 Å². The topological polar surface area (TPSA) is 66.0 Å². The average Bonchev–Trinajstić information content (AvgIpc) is 2.34. The molecule has 0 fully saturated rings. The number of nitrogens with one attached hydrogen (secondary N) is 3. The largest absolute Gasteiger partial charge is 0.364 e. The number of pyridine rings is 1. The maximum absolute atomic E-state index is 11.7. The molecule has 0 aliphatic rings. The van der Waals surface area contributed by atoms with Crippen LogP contribution in [0.4, 0.5) is 0 Å². The summed E-state index contributed by atoms with van der Waals surface area (Å²) in [5, 5.41) is 3.65. The number of rotatable bonds is 3. The number of nitrogens with zero attached hydrogens (tertiary/aromatic N) is 1. The van der Waals surface area contributed by atoms with Gasteiger partial charge in [0.05, 0.1) is 0 Å². The molecule has 0 spiro atoms. The standard InChI is InChI=1S/C11H14Cl2N4OS/c1-6(3-10(18)16-17-11(19)14-2)7-4-8(12)15-9(13)5-7/h4-6H,3H2,1-2H3,(H,16,18)(H2,14,17,19)/t6-/m1/s1. The van der Waals surface area contributed by atoms with Gasteiger partial charge in [0, 0.05) is 13.5 Å². The Morgan fingerprint density at radius 2 is 1.95 bits per heavy atom. The number of amides is 1. The zero-order valence-electron chi connectivity index (χ0n) is 10.5. The summed E-state index contributed by atoms with van der Waals surface area (Å²) in [6, 6.07) is 3.38. The highest BCUT2D eigenvalue weighted by Gasteiger charge is 2.13. The Morgan fingerprint density at radius 1 is 1.37 bits per heavy atom. The second kappa shape index (κ2) is 7.47. The monoisotopic (exact) mass is 320 g/mol. The van der Waals surface area contributed by atoms with Crippen molar-refractivity contribution in [1.82, 2.24) is 21.2 Å². The van der Waals surface area contributed by atoms with Crippen molar-refractivity contribution in [3.63, 3.8) is 0 Å². The van der Waals surface area contributed by atoms with Gasteiger partial charge in [-0.2, -0.15) is 0 Å². The lowest BCUT2D eigenvalue weighted by Gasteiger charge is -2.13. The summed E-state index contributed by atoms with van der Waals surface area (Å²) in [5.74, 6) is -0.225. The summed E-state index contributed by atoms with van der Waals surface area (Å²) in [5.41, 5.74) is 5.91. The number of hydrogen-bond acceptors (Lipinski definition) is 3. The minimum absolute atomic E-state index is 0.0389. The van der Waals surface area contributed by atoms with Crippen LogP contribution in [0.5, 0.6) is 0 Å². The van der Waals surface area contributed by atoms with E-state index in [1.54, 1.807) is 19.2 Å². The van der Waals surface area contributed by atoms with E-state index in [9.17, 15) is 4.79 Å². The smallest absolute Gasteiger partial charge is 0.238 e. The van der Waals surface area contributed by atoms with Gasteiger partial charge < -0.3 is 5.32 Å². The number of hydrogen-bond donors (Lipinski definition) is 3. The Kier molecular flexibility index (Phi) is 6.27. The molecule has 1 atom stereocenters. The summed E-state index contributed by atoms with van der Waals surface area (Å²) in [7, 11) is 1.66. The number of thiocarbonyl (C=S) groups is 1. The molecular weight excluding hydrogens is 307 g/mol. The second-order valence-electron chi connectivity index (χ2n) is 3.90. The summed E-state index contributed by atoms with van der Waals surface area (Å²) >= 11 is 16.5. The highest BCUT2D eigenvalue weighted by molar-refractivity contribution is 7.80. The molecule has 1 amide bonds. The minimum atomic E-state index is -0.186. The molecule has 8 heteroatoms. The molecule has 104 valence electrons. The molecule has 1 aromatic heterocycles. The van der Waals surface area contributed by atoms with Gasteiger partial charge in [0.25, 0.3) is 0 Å². The summed E-state index contributed by atoms with van der Waals surface area (Å²) < 4.78 is 0. The summed E-state index contributed by atoms with van der Waals surface area (Å²) in [4.78, 5) is 15.5. The van der Waals surface area contributed by atoms with Crippen molar-refractivity contribution in [1.29, 1.82) is 0 Å². The van der Waals surface area contributed by atoms with Crippen molar-refractivity contribution >= 4 is 46.4 Å². The van der Waals surface area contributed by atoms with E-state index in [1.807, 2.05) is 6.92 Å². The normalized spacial score (nSPS) is 11.6. The van der Waals surface area contributed by atoms with Crippen molar-refractivity contribution in [3.05, 3.63) is 28.0 Å². The molecule has 5 nitrogen and oxygen atoms in total. The third-order valence-corrected chi connectivity index (χ3v) is 3.08. The van der Waals surface area contributed by atoms with E-state index in [0.29, 0.717) is 15.4 Å². The zero-order chi connectivity index (χ0) is 14.4. The summed E-state index contributed by atoms with van der Waals surface area (Å²) in [6.45, 7) is 1.90. The molecule has 0 aliphatic carbocycles. The number of hydrazine groups is 1. The Hall–Kier alpha value is -1.11. The maximum Gasteiger partial charge on any atom is 0.238 e. The van der Waals surface area contributed by atoms with Crippen LogP contribution in [0, 0.1) is 0 Å². The van der Waals surface area contributed by atoms with Gasteiger partial charge in [0.1, 0.15) is 10.3 Å². The van der Waals surface area contributed by atoms with Gasteiger partial charge in [0.2, 0.25) is 5.91 Å². The van der Waals surface area contributed by atoms with Gasteiger partial charge >= 0.3 is 0 Å². The second-order valence-corrected chi connectivity index (χ2v) is 5.09. The maximum atomic E-state index is 11.7.